The number of morpholine rings is 1. The summed E-state index contributed by atoms with van der Waals surface area (Å²) in [6.45, 7) is 12.8. The minimum atomic E-state index is 0.0541. The first kappa shape index (κ1) is 22.6. The lowest BCUT2D eigenvalue weighted by Crippen LogP contribution is -2.48. The van der Waals surface area contributed by atoms with Crippen LogP contribution in [0.3, 0.4) is 0 Å². The molecule has 2 aliphatic rings. The van der Waals surface area contributed by atoms with Crippen LogP contribution in [0.2, 0.25) is 0 Å². The Morgan fingerprint density at radius 3 is 1.94 bits per heavy atom. The average Bonchev–Trinajstić information content (AvgIpc) is 2.85. The molecule has 6 heteroatoms. The molecule has 0 atom stereocenters. The van der Waals surface area contributed by atoms with Gasteiger partial charge in [0.05, 0.1) is 13.2 Å². The average molecular weight is 437 g/mol. The first-order chi connectivity index (χ1) is 15.5. The summed E-state index contributed by atoms with van der Waals surface area (Å²) in [5.41, 5.74) is 4.29. The molecule has 0 spiro atoms. The number of carbonyl (C=O) groups excluding carboxylic acids is 1. The number of benzene rings is 2. The van der Waals surface area contributed by atoms with Crippen LogP contribution in [-0.2, 0) is 11.3 Å². The Morgan fingerprint density at radius 2 is 1.38 bits per heavy atom. The molecule has 0 aromatic heterocycles. The van der Waals surface area contributed by atoms with Crippen LogP contribution in [0.5, 0.6) is 0 Å². The van der Waals surface area contributed by atoms with Crippen LogP contribution >= 0.6 is 0 Å². The molecule has 4 rings (SSSR count). The van der Waals surface area contributed by atoms with E-state index < -0.39 is 0 Å². The highest BCUT2D eigenvalue weighted by atomic mass is 16.5. The van der Waals surface area contributed by atoms with Gasteiger partial charge in [-0.3, -0.25) is 9.69 Å². The summed E-state index contributed by atoms with van der Waals surface area (Å²) in [6.07, 6.45) is 0. The van der Waals surface area contributed by atoms with E-state index in [0.29, 0.717) is 12.6 Å². The summed E-state index contributed by atoms with van der Waals surface area (Å²) in [7, 11) is 1.87. The van der Waals surface area contributed by atoms with Crippen molar-refractivity contribution in [2.75, 3.05) is 69.3 Å². The topological polar surface area (TPSA) is 39.3 Å². The standard InChI is InChI=1S/C26H36N4O2/c1-21(2)28-12-14-29(15-13-28)25-10-6-23(7-11-25)26(31)27(3)20-22-4-8-24(9-5-22)30-16-18-32-19-17-30/h4-11,21H,12-20H2,1-3H3. The van der Waals surface area contributed by atoms with Crippen LogP contribution in [-0.4, -0.2) is 81.3 Å². The maximum Gasteiger partial charge on any atom is 0.253 e. The van der Waals surface area contributed by atoms with E-state index in [2.05, 4.69) is 64.9 Å². The molecule has 2 heterocycles. The Hall–Kier alpha value is -2.57. The Morgan fingerprint density at radius 1 is 0.844 bits per heavy atom. The van der Waals surface area contributed by atoms with Gasteiger partial charge in [-0.05, 0) is 55.8 Å². The number of nitrogens with zero attached hydrogens (tertiary/aromatic N) is 4. The van der Waals surface area contributed by atoms with Crippen molar-refractivity contribution in [3.05, 3.63) is 59.7 Å². The number of piperazine rings is 1. The van der Waals surface area contributed by atoms with Gasteiger partial charge in [0.2, 0.25) is 0 Å². The zero-order valence-electron chi connectivity index (χ0n) is 19.7. The normalized spacial score (nSPS) is 17.6. The molecule has 32 heavy (non-hydrogen) atoms. The van der Waals surface area contributed by atoms with Crippen LogP contribution in [0, 0.1) is 0 Å². The highest BCUT2D eigenvalue weighted by molar-refractivity contribution is 5.94. The van der Waals surface area contributed by atoms with Crippen molar-refractivity contribution in [1.82, 2.24) is 9.80 Å². The van der Waals surface area contributed by atoms with Crippen molar-refractivity contribution in [2.45, 2.75) is 26.4 Å². The molecule has 0 radical (unpaired) electrons. The van der Waals surface area contributed by atoms with E-state index in [9.17, 15) is 4.79 Å². The first-order valence-corrected chi connectivity index (χ1v) is 11.8. The number of hydrogen-bond donors (Lipinski definition) is 0. The SMILES string of the molecule is CC(C)N1CCN(c2ccc(C(=O)N(C)Cc3ccc(N4CCOCC4)cc3)cc2)CC1. The predicted molar refractivity (Wildman–Crippen MR) is 131 cm³/mol. The summed E-state index contributed by atoms with van der Waals surface area (Å²) >= 11 is 0. The maximum atomic E-state index is 13.0. The predicted octanol–water partition coefficient (Wildman–Crippen LogP) is 3.33. The molecule has 0 aliphatic carbocycles. The molecule has 1 amide bonds. The minimum Gasteiger partial charge on any atom is -0.378 e. The van der Waals surface area contributed by atoms with Crippen LogP contribution in [0.1, 0.15) is 29.8 Å². The molecule has 2 fully saturated rings. The van der Waals surface area contributed by atoms with Gasteiger partial charge in [0.1, 0.15) is 0 Å². The Kier molecular flexibility index (Phi) is 7.33. The van der Waals surface area contributed by atoms with E-state index in [1.54, 1.807) is 4.90 Å². The molecule has 0 unspecified atom stereocenters. The monoisotopic (exact) mass is 436 g/mol. The van der Waals surface area contributed by atoms with Gasteiger partial charge in [0, 0.05) is 75.8 Å². The molecule has 6 nitrogen and oxygen atoms in total. The number of hydrogen-bond acceptors (Lipinski definition) is 5. The molecule has 0 bridgehead atoms. The number of anilines is 2. The summed E-state index contributed by atoms with van der Waals surface area (Å²) in [5.74, 6) is 0.0541. The van der Waals surface area contributed by atoms with Crippen molar-refractivity contribution in [1.29, 1.82) is 0 Å². The van der Waals surface area contributed by atoms with Crippen LogP contribution in [0.4, 0.5) is 11.4 Å². The minimum absolute atomic E-state index is 0.0541. The Bertz CT molecular complexity index is 868. The van der Waals surface area contributed by atoms with Gasteiger partial charge in [0.15, 0.2) is 0 Å². The van der Waals surface area contributed by atoms with E-state index >= 15 is 0 Å². The van der Waals surface area contributed by atoms with Crippen LogP contribution in [0.15, 0.2) is 48.5 Å². The van der Waals surface area contributed by atoms with Gasteiger partial charge in [-0.1, -0.05) is 12.1 Å². The molecule has 172 valence electrons. The van der Waals surface area contributed by atoms with Gasteiger partial charge >= 0.3 is 0 Å². The highest BCUT2D eigenvalue weighted by Crippen LogP contribution is 2.20. The fourth-order valence-corrected chi connectivity index (χ4v) is 4.51. The molecule has 2 aliphatic heterocycles. The molecular weight excluding hydrogens is 400 g/mol. The molecule has 2 saturated heterocycles. The lowest BCUT2D eigenvalue weighted by atomic mass is 10.1. The van der Waals surface area contributed by atoms with E-state index in [-0.39, 0.29) is 5.91 Å². The fraction of sp³-hybridized carbons (Fsp3) is 0.500. The number of amides is 1. The van der Waals surface area contributed by atoms with Gasteiger partial charge in [-0.15, -0.1) is 0 Å². The van der Waals surface area contributed by atoms with Crippen molar-refractivity contribution >= 4 is 17.3 Å². The van der Waals surface area contributed by atoms with Crippen molar-refractivity contribution in [3.63, 3.8) is 0 Å². The third-order valence-corrected chi connectivity index (χ3v) is 6.60. The second-order valence-electron chi connectivity index (χ2n) is 9.09. The second kappa shape index (κ2) is 10.4. The van der Waals surface area contributed by atoms with Crippen molar-refractivity contribution in [3.8, 4) is 0 Å². The molecule has 2 aromatic rings. The lowest BCUT2D eigenvalue weighted by molar-refractivity contribution is 0.0785. The quantitative estimate of drug-likeness (QED) is 0.695. The van der Waals surface area contributed by atoms with Crippen LogP contribution in [0.25, 0.3) is 0 Å². The number of carbonyl (C=O) groups is 1. The highest BCUT2D eigenvalue weighted by Gasteiger charge is 2.20. The largest absolute Gasteiger partial charge is 0.378 e. The molecule has 0 saturated carbocycles. The van der Waals surface area contributed by atoms with Crippen molar-refractivity contribution < 1.29 is 9.53 Å². The van der Waals surface area contributed by atoms with Crippen molar-refractivity contribution in [2.24, 2.45) is 0 Å². The third kappa shape index (κ3) is 5.43. The summed E-state index contributed by atoms with van der Waals surface area (Å²) in [4.78, 5) is 22.0. The van der Waals surface area contributed by atoms with Gasteiger partial charge in [-0.2, -0.15) is 0 Å². The van der Waals surface area contributed by atoms with Gasteiger partial charge in [-0.25, -0.2) is 0 Å². The zero-order valence-corrected chi connectivity index (χ0v) is 19.7. The van der Waals surface area contributed by atoms with E-state index in [1.807, 2.05) is 19.2 Å². The fourth-order valence-electron chi connectivity index (χ4n) is 4.51. The van der Waals surface area contributed by atoms with Gasteiger partial charge in [0.25, 0.3) is 5.91 Å². The number of ether oxygens (including phenoxy) is 1. The van der Waals surface area contributed by atoms with Gasteiger partial charge < -0.3 is 19.4 Å². The smallest absolute Gasteiger partial charge is 0.253 e. The molecule has 2 aromatic carbocycles. The summed E-state index contributed by atoms with van der Waals surface area (Å²) in [6, 6.07) is 17.2. The zero-order chi connectivity index (χ0) is 22.5. The van der Waals surface area contributed by atoms with E-state index in [4.69, 9.17) is 4.74 Å². The third-order valence-electron chi connectivity index (χ3n) is 6.60. The van der Waals surface area contributed by atoms with Crippen LogP contribution < -0.4 is 9.80 Å². The summed E-state index contributed by atoms with van der Waals surface area (Å²) < 4.78 is 5.43. The Labute approximate surface area is 192 Å². The number of rotatable bonds is 6. The Balaban J connectivity index is 1.31. The lowest BCUT2D eigenvalue weighted by Gasteiger charge is -2.38. The maximum absolute atomic E-state index is 13.0. The van der Waals surface area contributed by atoms with E-state index in [1.165, 1.54) is 11.4 Å². The molecule has 0 N–H and O–H groups in total. The van der Waals surface area contributed by atoms with E-state index in [0.717, 1.165) is 63.6 Å². The second-order valence-corrected chi connectivity index (χ2v) is 9.09. The first-order valence-electron chi connectivity index (χ1n) is 11.8. The molecular formula is C26H36N4O2. The summed E-state index contributed by atoms with van der Waals surface area (Å²) in [5, 5.41) is 0.